The predicted octanol–water partition coefficient (Wildman–Crippen LogP) is 6.06. The van der Waals surface area contributed by atoms with Crippen molar-refractivity contribution in [2.24, 2.45) is 13.0 Å². The first-order valence-corrected chi connectivity index (χ1v) is 17.6. The molecule has 0 spiro atoms. The third-order valence-corrected chi connectivity index (χ3v) is 9.85. The maximum Gasteiger partial charge on any atom is 0.293 e. The van der Waals surface area contributed by atoms with E-state index in [0.717, 1.165) is 12.1 Å². The standard InChI is InChI=1S/C38H32ClF6N7O4/c1-37(2,56)9-8-20-4-5-21(22-6-7-25(39)30-33(22)51(3)50-36(30)48-28(55)16-53)31(46-20)26(12-17-10-18(40)13-19(41)11-17)47-27(54)15-52-34-29(32(49-52)35(42)43)23-14-24(23)38(34,44)45/h4-7,10-11,13,23-24,26,35,53,56H,12,14-16H2,1-3H3,(H,47,54)(H,48,50,55)/t23-,24?,26-/m0/s1. The molecule has 4 N–H and O–H groups in total. The van der Waals surface area contributed by atoms with Crippen LogP contribution < -0.4 is 10.6 Å². The molecule has 0 saturated heterocycles. The first-order valence-electron chi connectivity index (χ1n) is 17.2. The normalized spacial score (nSPS) is 17.3. The molecule has 2 aliphatic carbocycles. The summed E-state index contributed by atoms with van der Waals surface area (Å²) in [6.07, 6.45) is -3.48. The fraction of sp³-hybridized carbons (Fsp3) is 0.342. The fourth-order valence-corrected chi connectivity index (χ4v) is 7.49. The molecule has 2 aromatic carbocycles. The molecule has 0 bridgehead atoms. The number of fused-ring (bicyclic) bond motifs is 4. The van der Waals surface area contributed by atoms with Gasteiger partial charge in [0.1, 0.15) is 47.5 Å². The first-order chi connectivity index (χ1) is 26.4. The van der Waals surface area contributed by atoms with Crippen LogP contribution in [-0.2, 0) is 35.5 Å². The van der Waals surface area contributed by atoms with Crippen molar-refractivity contribution in [3.63, 3.8) is 0 Å². The van der Waals surface area contributed by atoms with E-state index in [2.05, 4.69) is 32.7 Å². The van der Waals surface area contributed by atoms with Crippen LogP contribution in [0.3, 0.4) is 0 Å². The molecule has 3 heterocycles. The van der Waals surface area contributed by atoms with Crippen LogP contribution in [0, 0.1) is 29.4 Å². The highest BCUT2D eigenvalue weighted by molar-refractivity contribution is 6.37. The Balaban J connectivity index is 1.38. The van der Waals surface area contributed by atoms with E-state index < -0.39 is 83.8 Å². The SMILES string of the molecule is Cn1nc(NC(=O)CO)c2c(Cl)ccc(-c3ccc(C#CC(C)(C)O)nc3[C@H](Cc3cc(F)cc(F)c3)NC(=O)Cn3nc(C(F)F)c4c3C(F)(F)C3C[C@H]43)c21. The number of benzene rings is 2. The van der Waals surface area contributed by atoms with Crippen molar-refractivity contribution >= 4 is 40.1 Å². The number of nitrogens with zero attached hydrogens (tertiary/aromatic N) is 5. The van der Waals surface area contributed by atoms with Gasteiger partial charge < -0.3 is 20.8 Å². The van der Waals surface area contributed by atoms with E-state index >= 15 is 8.78 Å². The van der Waals surface area contributed by atoms with Crippen molar-refractivity contribution in [3.8, 4) is 23.0 Å². The number of aromatic nitrogens is 5. The zero-order valence-electron chi connectivity index (χ0n) is 29.8. The van der Waals surface area contributed by atoms with Crippen molar-refractivity contribution in [2.45, 2.75) is 63.1 Å². The third-order valence-electron chi connectivity index (χ3n) is 9.54. The molecule has 1 saturated carbocycles. The predicted molar refractivity (Wildman–Crippen MR) is 191 cm³/mol. The summed E-state index contributed by atoms with van der Waals surface area (Å²) in [5.41, 5.74) is -2.08. The number of amides is 2. The zero-order valence-corrected chi connectivity index (χ0v) is 30.5. The van der Waals surface area contributed by atoms with Crippen molar-refractivity contribution < 1.29 is 46.1 Å². The highest BCUT2D eigenvalue weighted by Crippen LogP contribution is 2.68. The lowest BCUT2D eigenvalue weighted by Crippen LogP contribution is -2.35. The Morgan fingerprint density at radius 1 is 1.05 bits per heavy atom. The second kappa shape index (κ2) is 14.3. The van der Waals surface area contributed by atoms with Crippen LogP contribution in [0.2, 0.25) is 5.02 Å². The molecule has 0 radical (unpaired) electrons. The van der Waals surface area contributed by atoms with Gasteiger partial charge in [-0.15, -0.1) is 0 Å². The second-order valence-electron chi connectivity index (χ2n) is 14.2. The minimum Gasteiger partial charge on any atom is -0.387 e. The summed E-state index contributed by atoms with van der Waals surface area (Å²) in [4.78, 5) is 30.8. The molecule has 0 aliphatic heterocycles. The molecule has 1 fully saturated rings. The lowest BCUT2D eigenvalue weighted by atomic mass is 9.93. The second-order valence-corrected chi connectivity index (χ2v) is 14.6. The molecule has 292 valence electrons. The molecule has 3 atom stereocenters. The number of hydrogen-bond acceptors (Lipinski definition) is 7. The number of aliphatic hydroxyl groups excluding tert-OH is 1. The molecular weight excluding hydrogens is 768 g/mol. The summed E-state index contributed by atoms with van der Waals surface area (Å²) >= 11 is 6.59. The third kappa shape index (κ3) is 7.31. The Morgan fingerprint density at radius 2 is 1.75 bits per heavy atom. The summed E-state index contributed by atoms with van der Waals surface area (Å²) in [5.74, 6) is -3.64. The number of aliphatic hydroxyl groups is 2. The smallest absolute Gasteiger partial charge is 0.293 e. The topological polar surface area (TPSA) is 147 Å². The number of carbonyl (C=O) groups is 2. The van der Waals surface area contributed by atoms with Gasteiger partial charge in [-0.25, -0.2) is 22.5 Å². The summed E-state index contributed by atoms with van der Waals surface area (Å²) in [6.45, 7) is 1.12. The largest absolute Gasteiger partial charge is 0.387 e. The number of nitrogens with one attached hydrogen (secondary N) is 2. The number of aryl methyl sites for hydroxylation is 1. The number of hydrogen-bond donors (Lipinski definition) is 4. The van der Waals surface area contributed by atoms with Gasteiger partial charge in [-0.1, -0.05) is 23.6 Å². The summed E-state index contributed by atoms with van der Waals surface area (Å²) < 4.78 is 89.8. The van der Waals surface area contributed by atoms with E-state index in [1.54, 1.807) is 19.2 Å². The van der Waals surface area contributed by atoms with Gasteiger partial charge in [-0.3, -0.25) is 19.0 Å². The number of halogens is 7. The van der Waals surface area contributed by atoms with Gasteiger partial charge in [0, 0.05) is 35.7 Å². The molecule has 5 aromatic rings. The van der Waals surface area contributed by atoms with Gasteiger partial charge in [0.25, 0.3) is 18.3 Å². The summed E-state index contributed by atoms with van der Waals surface area (Å²) in [7, 11) is 1.55. The van der Waals surface area contributed by atoms with Crippen LogP contribution in [0.25, 0.3) is 22.0 Å². The molecule has 11 nitrogen and oxygen atoms in total. The van der Waals surface area contributed by atoms with Gasteiger partial charge in [-0.05, 0) is 74.4 Å². The van der Waals surface area contributed by atoms with Crippen molar-refractivity contribution in [1.29, 1.82) is 0 Å². The van der Waals surface area contributed by atoms with Crippen LogP contribution in [0.15, 0.2) is 42.5 Å². The maximum absolute atomic E-state index is 15.4. The van der Waals surface area contributed by atoms with Crippen molar-refractivity contribution in [1.82, 2.24) is 29.9 Å². The Morgan fingerprint density at radius 3 is 2.41 bits per heavy atom. The van der Waals surface area contributed by atoms with E-state index in [1.807, 2.05) is 0 Å². The van der Waals surface area contributed by atoms with E-state index in [0.29, 0.717) is 21.8 Å². The highest BCUT2D eigenvalue weighted by atomic mass is 35.5. The molecule has 56 heavy (non-hydrogen) atoms. The molecule has 18 heteroatoms. The minimum atomic E-state index is -3.50. The van der Waals surface area contributed by atoms with Gasteiger partial charge >= 0.3 is 0 Å². The average molecular weight is 800 g/mol. The average Bonchev–Trinajstić information content (AvgIpc) is 3.65. The van der Waals surface area contributed by atoms with E-state index in [1.165, 1.54) is 30.7 Å². The summed E-state index contributed by atoms with van der Waals surface area (Å²) in [6, 6.07) is 7.58. The maximum atomic E-state index is 15.4. The number of pyridine rings is 1. The monoisotopic (exact) mass is 799 g/mol. The molecule has 1 unspecified atom stereocenters. The molecule has 2 amide bonds. The summed E-state index contributed by atoms with van der Waals surface area (Å²) in [5, 5.41) is 33.4. The molecular formula is C38H32ClF6N7O4. The lowest BCUT2D eigenvalue weighted by Gasteiger charge is -2.23. The Hall–Kier alpha value is -5.44. The van der Waals surface area contributed by atoms with E-state index in [9.17, 15) is 37.4 Å². The molecule has 2 aliphatic rings. The minimum absolute atomic E-state index is 0.0139. The number of alkyl halides is 4. The van der Waals surface area contributed by atoms with Crippen LogP contribution in [0.1, 0.15) is 72.6 Å². The van der Waals surface area contributed by atoms with Crippen LogP contribution in [0.4, 0.5) is 32.2 Å². The molecule has 3 aromatic heterocycles. The Kier molecular flexibility index (Phi) is 9.88. The van der Waals surface area contributed by atoms with Crippen LogP contribution >= 0.6 is 11.6 Å². The van der Waals surface area contributed by atoms with Crippen molar-refractivity contribution in [2.75, 3.05) is 11.9 Å². The number of rotatable bonds is 10. The zero-order chi connectivity index (χ0) is 40.4. The Labute approximate surface area is 319 Å². The lowest BCUT2D eigenvalue weighted by molar-refractivity contribution is -0.123. The Bertz CT molecular complexity index is 2470. The van der Waals surface area contributed by atoms with Gasteiger partial charge in [0.2, 0.25) is 5.91 Å². The van der Waals surface area contributed by atoms with Gasteiger partial charge in [-0.2, -0.15) is 19.0 Å². The highest BCUT2D eigenvalue weighted by Gasteiger charge is 2.67. The quantitative estimate of drug-likeness (QED) is 0.0992. The first kappa shape index (κ1) is 38.8. The van der Waals surface area contributed by atoms with Crippen molar-refractivity contribution in [3.05, 3.63) is 93.0 Å². The van der Waals surface area contributed by atoms with Crippen LogP contribution in [-0.4, -0.2) is 58.8 Å². The number of anilines is 1. The molecule has 7 rings (SSSR count). The van der Waals surface area contributed by atoms with Crippen LogP contribution in [0.5, 0.6) is 0 Å². The van der Waals surface area contributed by atoms with E-state index in [4.69, 9.17) is 16.6 Å². The van der Waals surface area contributed by atoms with E-state index in [-0.39, 0.29) is 57.1 Å². The number of carbonyl (C=O) groups excluding carboxylic acids is 2. The van der Waals surface area contributed by atoms with Gasteiger partial charge in [0.15, 0.2) is 5.82 Å². The fourth-order valence-electron chi connectivity index (χ4n) is 7.24. The van der Waals surface area contributed by atoms with Gasteiger partial charge in [0.05, 0.1) is 27.7 Å².